The Labute approximate surface area is 180 Å². The Morgan fingerprint density at radius 2 is 1.63 bits per heavy atom. The molecular formula is C24H36N2O4. The number of likely N-dealkylation sites (tertiary alicyclic amines) is 2. The molecule has 1 spiro atoms. The number of unbranched alkanes of at least 4 members (excludes halogenated alkanes) is 2. The average Bonchev–Trinajstić information content (AvgIpc) is 3.19. The van der Waals surface area contributed by atoms with E-state index in [4.69, 9.17) is 9.47 Å². The van der Waals surface area contributed by atoms with Crippen molar-refractivity contribution in [1.82, 2.24) is 9.80 Å². The fourth-order valence-electron chi connectivity index (χ4n) is 4.42. The Kier molecular flexibility index (Phi) is 8.40. The Bertz CT molecular complexity index is 671. The summed E-state index contributed by atoms with van der Waals surface area (Å²) in [5, 5.41) is 0. The van der Waals surface area contributed by atoms with Crippen molar-refractivity contribution in [1.29, 1.82) is 0 Å². The van der Waals surface area contributed by atoms with E-state index in [9.17, 15) is 9.59 Å². The summed E-state index contributed by atoms with van der Waals surface area (Å²) >= 11 is 0. The molecule has 0 unspecified atom stereocenters. The van der Waals surface area contributed by atoms with Crippen molar-refractivity contribution < 1.29 is 19.1 Å². The molecule has 2 fully saturated rings. The molecule has 3 rings (SSSR count). The summed E-state index contributed by atoms with van der Waals surface area (Å²) in [6.45, 7) is 6.34. The van der Waals surface area contributed by atoms with E-state index in [0.717, 1.165) is 76.9 Å². The van der Waals surface area contributed by atoms with Crippen LogP contribution in [0.1, 0.15) is 58.3 Å². The minimum absolute atomic E-state index is 0.162. The molecule has 2 aliphatic rings. The lowest BCUT2D eigenvalue weighted by Crippen LogP contribution is -2.44. The van der Waals surface area contributed by atoms with Crippen LogP contribution in [0.2, 0.25) is 0 Å². The summed E-state index contributed by atoms with van der Waals surface area (Å²) in [5.41, 5.74) is 0.162. The highest BCUT2D eigenvalue weighted by molar-refractivity contribution is 5.76. The van der Waals surface area contributed by atoms with Crippen molar-refractivity contribution in [3.8, 4) is 5.75 Å². The van der Waals surface area contributed by atoms with Gasteiger partial charge in [-0.1, -0.05) is 38.0 Å². The highest BCUT2D eigenvalue weighted by Gasteiger charge is 2.43. The second-order valence-electron chi connectivity index (χ2n) is 8.64. The molecule has 6 heteroatoms. The van der Waals surface area contributed by atoms with Crippen LogP contribution < -0.4 is 4.74 Å². The van der Waals surface area contributed by atoms with Crippen molar-refractivity contribution in [2.24, 2.45) is 5.41 Å². The molecule has 2 heterocycles. The zero-order valence-corrected chi connectivity index (χ0v) is 18.3. The SMILES string of the molecule is CCCCCOC(=O)N1CCC2(CCN(C(=O)CCCOc3ccccc3)CC2)C1. The van der Waals surface area contributed by atoms with Crippen LogP contribution in [0.5, 0.6) is 5.75 Å². The lowest BCUT2D eigenvalue weighted by molar-refractivity contribution is -0.133. The third-order valence-corrected chi connectivity index (χ3v) is 6.39. The highest BCUT2D eigenvalue weighted by Crippen LogP contribution is 2.40. The molecule has 2 aliphatic heterocycles. The van der Waals surface area contributed by atoms with E-state index in [2.05, 4.69) is 6.92 Å². The minimum Gasteiger partial charge on any atom is -0.494 e. The van der Waals surface area contributed by atoms with Crippen LogP contribution in [0, 0.1) is 5.41 Å². The predicted molar refractivity (Wildman–Crippen MR) is 116 cm³/mol. The van der Waals surface area contributed by atoms with Crippen molar-refractivity contribution in [3.05, 3.63) is 30.3 Å². The molecule has 0 atom stereocenters. The molecule has 2 amide bonds. The molecule has 0 aromatic heterocycles. The number of nitrogens with zero attached hydrogens (tertiary/aromatic N) is 2. The van der Waals surface area contributed by atoms with Crippen LogP contribution >= 0.6 is 0 Å². The second kappa shape index (κ2) is 11.2. The van der Waals surface area contributed by atoms with Gasteiger partial charge in [0.1, 0.15) is 5.75 Å². The Balaban J connectivity index is 1.33. The molecule has 166 valence electrons. The normalized spacial score (nSPS) is 17.9. The summed E-state index contributed by atoms with van der Waals surface area (Å²) in [6.07, 6.45) is 7.21. The predicted octanol–water partition coefficient (Wildman–Crippen LogP) is 4.49. The lowest BCUT2D eigenvalue weighted by Gasteiger charge is -2.39. The largest absolute Gasteiger partial charge is 0.494 e. The first-order chi connectivity index (χ1) is 14.6. The first-order valence-corrected chi connectivity index (χ1v) is 11.5. The van der Waals surface area contributed by atoms with Crippen LogP contribution in [-0.2, 0) is 9.53 Å². The molecule has 1 aromatic rings. The number of hydrogen-bond acceptors (Lipinski definition) is 4. The fraction of sp³-hybridized carbons (Fsp3) is 0.667. The minimum atomic E-state index is -0.167. The topological polar surface area (TPSA) is 59.1 Å². The maximum atomic E-state index is 12.5. The molecule has 0 bridgehead atoms. The molecule has 30 heavy (non-hydrogen) atoms. The van der Waals surface area contributed by atoms with Gasteiger partial charge < -0.3 is 19.3 Å². The van der Waals surface area contributed by atoms with Crippen LogP contribution in [0.25, 0.3) is 0 Å². The Hall–Kier alpha value is -2.24. The number of amides is 2. The summed E-state index contributed by atoms with van der Waals surface area (Å²) in [4.78, 5) is 28.7. The molecule has 2 saturated heterocycles. The number of hydrogen-bond donors (Lipinski definition) is 0. The van der Waals surface area contributed by atoms with E-state index in [1.54, 1.807) is 0 Å². The van der Waals surface area contributed by atoms with Crippen LogP contribution in [0.15, 0.2) is 30.3 Å². The molecule has 0 N–H and O–H groups in total. The standard InChI is InChI=1S/C24H36N2O4/c1-2-3-7-18-30-23(28)26-17-14-24(20-26)12-15-25(16-13-24)22(27)11-8-19-29-21-9-5-4-6-10-21/h4-6,9-10H,2-3,7-8,11-20H2,1H3. The molecular weight excluding hydrogens is 380 g/mol. The Morgan fingerprint density at radius 1 is 0.933 bits per heavy atom. The van der Waals surface area contributed by atoms with Crippen molar-refractivity contribution in [2.75, 3.05) is 39.4 Å². The van der Waals surface area contributed by atoms with Gasteiger partial charge in [0.2, 0.25) is 5.91 Å². The van der Waals surface area contributed by atoms with Crippen molar-refractivity contribution in [3.63, 3.8) is 0 Å². The molecule has 6 nitrogen and oxygen atoms in total. The second-order valence-corrected chi connectivity index (χ2v) is 8.64. The summed E-state index contributed by atoms with van der Waals surface area (Å²) < 4.78 is 11.1. The van der Waals surface area contributed by atoms with E-state index >= 15 is 0 Å². The third kappa shape index (κ3) is 6.38. The zero-order valence-electron chi connectivity index (χ0n) is 18.3. The number of rotatable bonds is 9. The van der Waals surface area contributed by atoms with Gasteiger partial charge in [0.05, 0.1) is 13.2 Å². The van der Waals surface area contributed by atoms with Gasteiger partial charge in [0, 0.05) is 32.6 Å². The van der Waals surface area contributed by atoms with Gasteiger partial charge >= 0.3 is 6.09 Å². The van der Waals surface area contributed by atoms with E-state index in [1.165, 1.54) is 0 Å². The first-order valence-electron chi connectivity index (χ1n) is 11.5. The van der Waals surface area contributed by atoms with Crippen LogP contribution in [0.4, 0.5) is 4.79 Å². The van der Waals surface area contributed by atoms with Gasteiger partial charge in [0.25, 0.3) is 0 Å². The quantitative estimate of drug-likeness (QED) is 0.557. The Morgan fingerprint density at radius 3 is 2.33 bits per heavy atom. The zero-order chi connectivity index (χ0) is 21.2. The van der Waals surface area contributed by atoms with Crippen molar-refractivity contribution >= 4 is 12.0 Å². The van der Waals surface area contributed by atoms with Crippen molar-refractivity contribution in [2.45, 2.75) is 58.3 Å². The number of carbonyl (C=O) groups is 2. The monoisotopic (exact) mass is 416 g/mol. The van der Waals surface area contributed by atoms with Gasteiger partial charge in [-0.15, -0.1) is 0 Å². The number of benzene rings is 1. The number of para-hydroxylation sites is 1. The van der Waals surface area contributed by atoms with Gasteiger partial charge in [-0.3, -0.25) is 4.79 Å². The van der Waals surface area contributed by atoms with E-state index in [-0.39, 0.29) is 17.4 Å². The maximum Gasteiger partial charge on any atom is 0.409 e. The number of ether oxygens (including phenoxy) is 2. The molecule has 0 aliphatic carbocycles. The van der Waals surface area contributed by atoms with Gasteiger partial charge in [-0.2, -0.15) is 0 Å². The molecule has 1 aromatic carbocycles. The lowest BCUT2D eigenvalue weighted by atomic mass is 9.77. The first kappa shape index (κ1) is 22.4. The third-order valence-electron chi connectivity index (χ3n) is 6.39. The summed E-state index contributed by atoms with van der Waals surface area (Å²) in [7, 11) is 0. The van der Waals surface area contributed by atoms with E-state index in [1.807, 2.05) is 40.1 Å². The smallest absolute Gasteiger partial charge is 0.409 e. The van der Waals surface area contributed by atoms with Crippen LogP contribution in [-0.4, -0.2) is 61.2 Å². The van der Waals surface area contributed by atoms with Gasteiger partial charge in [-0.05, 0) is 49.7 Å². The summed E-state index contributed by atoms with van der Waals surface area (Å²) in [5.74, 6) is 1.06. The number of piperidine rings is 1. The number of carbonyl (C=O) groups excluding carboxylic acids is 2. The van der Waals surface area contributed by atoms with E-state index in [0.29, 0.717) is 19.6 Å². The average molecular weight is 417 g/mol. The molecule has 0 saturated carbocycles. The maximum absolute atomic E-state index is 12.5. The van der Waals surface area contributed by atoms with Crippen LogP contribution in [0.3, 0.4) is 0 Å². The summed E-state index contributed by atoms with van der Waals surface area (Å²) in [6, 6.07) is 9.70. The molecule has 0 radical (unpaired) electrons. The van der Waals surface area contributed by atoms with Gasteiger partial charge in [0.15, 0.2) is 0 Å². The highest BCUT2D eigenvalue weighted by atomic mass is 16.6. The van der Waals surface area contributed by atoms with Gasteiger partial charge in [-0.25, -0.2) is 4.79 Å². The van der Waals surface area contributed by atoms with E-state index < -0.39 is 0 Å². The fourth-order valence-corrected chi connectivity index (χ4v) is 4.42.